The van der Waals surface area contributed by atoms with Crippen LogP contribution in [0.2, 0.25) is 0 Å². The average Bonchev–Trinajstić information content (AvgIpc) is 2.57. The Morgan fingerprint density at radius 2 is 1.78 bits per heavy atom. The normalized spacial score (nSPS) is 10.8. The molecule has 0 aliphatic carbocycles. The van der Waals surface area contributed by atoms with E-state index in [1.54, 1.807) is 24.3 Å². The summed E-state index contributed by atoms with van der Waals surface area (Å²) in [5.41, 5.74) is 1.32. The average molecular weight is 325 g/mol. The zero-order valence-electron chi connectivity index (χ0n) is 12.1. The van der Waals surface area contributed by atoms with Crippen molar-refractivity contribution in [3.63, 3.8) is 0 Å². The number of para-hydroxylation sites is 1. The Bertz CT molecular complexity index is 907. The first-order valence-electron chi connectivity index (χ1n) is 7.01. The van der Waals surface area contributed by atoms with E-state index in [2.05, 4.69) is 4.98 Å². The van der Waals surface area contributed by atoms with E-state index in [1.165, 1.54) is 4.57 Å². The summed E-state index contributed by atoms with van der Waals surface area (Å²) in [5, 5.41) is 11.6. The van der Waals surface area contributed by atoms with Crippen LogP contribution in [0.15, 0.2) is 64.5 Å². The van der Waals surface area contributed by atoms with E-state index in [4.69, 9.17) is 0 Å². The highest BCUT2D eigenvalue weighted by Crippen LogP contribution is 2.18. The molecule has 0 saturated carbocycles. The van der Waals surface area contributed by atoms with E-state index in [-0.39, 0.29) is 11.3 Å². The lowest BCUT2D eigenvalue weighted by Gasteiger charge is -2.13. The molecule has 0 aliphatic heterocycles. The number of fused-ring (bicyclic) bond motifs is 1. The van der Waals surface area contributed by atoms with Crippen LogP contribution in [0.25, 0.3) is 10.9 Å². The number of nitrogens with zero attached hydrogens (tertiary/aromatic N) is 2. The molecule has 6 heteroatoms. The number of carbonyl (C=O) groups excluding carboxylic acids is 1. The van der Waals surface area contributed by atoms with Gasteiger partial charge in [0.2, 0.25) is 0 Å². The van der Waals surface area contributed by atoms with Crippen molar-refractivity contribution in [3.05, 3.63) is 70.5 Å². The molecule has 3 aromatic rings. The quantitative estimate of drug-likeness (QED) is 0.522. The lowest BCUT2D eigenvalue weighted by atomic mass is 10.2. The van der Waals surface area contributed by atoms with Crippen molar-refractivity contribution in [2.45, 2.75) is 11.7 Å². The van der Waals surface area contributed by atoms with E-state index >= 15 is 0 Å². The van der Waals surface area contributed by atoms with Gasteiger partial charge in [-0.25, -0.2) is 4.98 Å². The zero-order valence-corrected chi connectivity index (χ0v) is 13.0. The van der Waals surface area contributed by atoms with Crippen molar-refractivity contribution >= 4 is 28.6 Å². The van der Waals surface area contributed by atoms with Crippen molar-refractivity contribution in [2.24, 2.45) is 0 Å². The van der Waals surface area contributed by atoms with Gasteiger partial charge in [0.1, 0.15) is 0 Å². The summed E-state index contributed by atoms with van der Waals surface area (Å²) in [4.78, 5) is 27.9. The maximum absolute atomic E-state index is 12.7. The Morgan fingerprint density at radius 3 is 2.52 bits per heavy atom. The van der Waals surface area contributed by atoms with Crippen LogP contribution in [-0.4, -0.2) is 21.3 Å². The van der Waals surface area contributed by atoms with Gasteiger partial charge in [-0.15, -0.1) is 0 Å². The fourth-order valence-electron chi connectivity index (χ4n) is 2.29. The van der Waals surface area contributed by atoms with Crippen LogP contribution in [0.5, 0.6) is 0 Å². The molecule has 1 aromatic heterocycles. The maximum Gasteiger partial charge on any atom is 0.262 e. The number of carbonyl (C=O) groups is 1. The highest BCUT2D eigenvalue weighted by atomic mass is 32.2. The largest absolute Gasteiger partial charge is 0.549 e. The third-order valence-corrected chi connectivity index (χ3v) is 4.28. The summed E-state index contributed by atoms with van der Waals surface area (Å²) in [6, 6.07) is 16.5. The van der Waals surface area contributed by atoms with Crippen LogP contribution in [0, 0.1) is 0 Å². The molecule has 0 atom stereocenters. The molecule has 0 unspecified atom stereocenters. The Morgan fingerprint density at radius 1 is 1.09 bits per heavy atom. The topological polar surface area (TPSA) is 75.0 Å². The fourth-order valence-corrected chi connectivity index (χ4v) is 3.00. The van der Waals surface area contributed by atoms with Gasteiger partial charge in [-0.1, -0.05) is 54.2 Å². The number of benzene rings is 2. The van der Waals surface area contributed by atoms with Crippen LogP contribution >= 0.6 is 11.8 Å². The molecule has 0 saturated heterocycles. The number of rotatable bonds is 5. The van der Waals surface area contributed by atoms with Crippen LogP contribution in [0.1, 0.15) is 5.56 Å². The van der Waals surface area contributed by atoms with Crippen molar-refractivity contribution in [1.29, 1.82) is 0 Å². The van der Waals surface area contributed by atoms with Gasteiger partial charge < -0.3 is 9.90 Å². The third-order valence-electron chi connectivity index (χ3n) is 3.33. The van der Waals surface area contributed by atoms with Crippen LogP contribution in [0.3, 0.4) is 0 Å². The SMILES string of the molecule is O=C([O-])CSc1nc2ccccc2c(=O)n1Cc1ccccc1. The summed E-state index contributed by atoms with van der Waals surface area (Å²) in [6.07, 6.45) is 0. The first-order chi connectivity index (χ1) is 11.1. The number of carboxylic acid groups (broad SMARTS) is 1. The second kappa shape index (κ2) is 6.66. The molecule has 23 heavy (non-hydrogen) atoms. The van der Waals surface area contributed by atoms with Crippen LogP contribution < -0.4 is 10.7 Å². The van der Waals surface area contributed by atoms with Gasteiger partial charge >= 0.3 is 0 Å². The molecule has 3 rings (SSSR count). The van der Waals surface area contributed by atoms with E-state index < -0.39 is 5.97 Å². The standard InChI is InChI=1S/C17H14N2O3S/c20-15(21)11-23-17-18-14-9-5-4-8-13(14)16(22)19(17)10-12-6-2-1-3-7-12/h1-9H,10-11H2,(H,20,21)/p-1. The molecule has 0 fully saturated rings. The van der Waals surface area contributed by atoms with E-state index in [9.17, 15) is 14.7 Å². The summed E-state index contributed by atoms with van der Waals surface area (Å²) >= 11 is 0.993. The van der Waals surface area contributed by atoms with Gasteiger partial charge in [0.15, 0.2) is 5.16 Å². The second-order valence-corrected chi connectivity index (χ2v) is 5.89. The van der Waals surface area contributed by atoms with Crippen molar-refractivity contribution in [3.8, 4) is 0 Å². The zero-order chi connectivity index (χ0) is 16.2. The molecule has 0 bridgehead atoms. The highest BCUT2D eigenvalue weighted by Gasteiger charge is 2.11. The molecule has 0 N–H and O–H groups in total. The predicted octanol–water partition coefficient (Wildman–Crippen LogP) is 1.29. The Kier molecular flexibility index (Phi) is 4.43. The molecule has 0 radical (unpaired) electrons. The maximum atomic E-state index is 12.7. The molecule has 1 heterocycles. The molecule has 116 valence electrons. The number of carboxylic acids is 1. The molecule has 0 aliphatic rings. The second-order valence-electron chi connectivity index (χ2n) is 4.95. The smallest absolute Gasteiger partial charge is 0.262 e. The number of thioether (sulfide) groups is 1. The Labute approximate surface area is 136 Å². The van der Waals surface area contributed by atoms with Gasteiger partial charge in [0, 0.05) is 5.75 Å². The van der Waals surface area contributed by atoms with Crippen LogP contribution in [-0.2, 0) is 11.3 Å². The lowest BCUT2D eigenvalue weighted by Crippen LogP contribution is -2.27. The summed E-state index contributed by atoms with van der Waals surface area (Å²) < 4.78 is 1.51. The van der Waals surface area contributed by atoms with Gasteiger partial charge in [0.05, 0.1) is 23.4 Å². The minimum absolute atomic E-state index is 0.180. The molecule has 0 amide bonds. The predicted molar refractivity (Wildman–Crippen MR) is 87.3 cm³/mol. The summed E-state index contributed by atoms with van der Waals surface area (Å²) in [6.45, 7) is 0.340. The van der Waals surface area contributed by atoms with Crippen molar-refractivity contribution < 1.29 is 9.90 Å². The van der Waals surface area contributed by atoms with Gasteiger partial charge in [0.25, 0.3) is 5.56 Å². The minimum Gasteiger partial charge on any atom is -0.549 e. The number of aromatic nitrogens is 2. The van der Waals surface area contributed by atoms with E-state index in [1.807, 2.05) is 30.3 Å². The summed E-state index contributed by atoms with van der Waals surface area (Å²) in [5.74, 6) is -1.44. The number of aliphatic carboxylic acids is 1. The highest BCUT2D eigenvalue weighted by molar-refractivity contribution is 7.99. The first-order valence-corrected chi connectivity index (χ1v) is 8.00. The van der Waals surface area contributed by atoms with Gasteiger partial charge in [-0.3, -0.25) is 9.36 Å². The van der Waals surface area contributed by atoms with E-state index in [0.717, 1.165) is 17.3 Å². The van der Waals surface area contributed by atoms with Gasteiger partial charge in [-0.05, 0) is 17.7 Å². The Balaban J connectivity index is 2.11. The molecule has 2 aromatic carbocycles. The lowest BCUT2D eigenvalue weighted by molar-refractivity contribution is -0.301. The minimum atomic E-state index is -1.19. The number of hydrogen-bond acceptors (Lipinski definition) is 5. The Hall–Kier alpha value is -2.60. The fraction of sp³-hybridized carbons (Fsp3) is 0.118. The van der Waals surface area contributed by atoms with Crippen LogP contribution in [0.4, 0.5) is 0 Å². The monoisotopic (exact) mass is 325 g/mol. The van der Waals surface area contributed by atoms with E-state index in [0.29, 0.717) is 22.6 Å². The molecule has 0 spiro atoms. The molecular formula is C17H13N2O3S-. The third kappa shape index (κ3) is 3.43. The molecular weight excluding hydrogens is 312 g/mol. The van der Waals surface area contributed by atoms with Gasteiger partial charge in [-0.2, -0.15) is 0 Å². The first kappa shape index (κ1) is 15.3. The molecule has 5 nitrogen and oxygen atoms in total. The summed E-state index contributed by atoms with van der Waals surface area (Å²) in [7, 11) is 0. The van der Waals surface area contributed by atoms with Crippen molar-refractivity contribution in [1.82, 2.24) is 9.55 Å². The van der Waals surface area contributed by atoms with Crippen molar-refractivity contribution in [2.75, 3.05) is 5.75 Å². The number of hydrogen-bond donors (Lipinski definition) is 0.